The van der Waals surface area contributed by atoms with Crippen LogP contribution in [0.15, 0.2) is 30.3 Å². The zero-order chi connectivity index (χ0) is 18.4. The second kappa shape index (κ2) is 8.14. The number of carbonyl (C=O) groups excluding carboxylic acids is 1. The van der Waals surface area contributed by atoms with Gasteiger partial charge in [0.2, 0.25) is 5.75 Å². The van der Waals surface area contributed by atoms with Crippen molar-refractivity contribution in [3.05, 3.63) is 30.3 Å². The molecular weight excluding hydrogens is 328 g/mol. The highest BCUT2D eigenvalue weighted by Crippen LogP contribution is 2.44. The van der Waals surface area contributed by atoms with Gasteiger partial charge in [0, 0.05) is 37.3 Å². The first kappa shape index (κ1) is 18.3. The molecule has 0 atom stereocenters. The average molecular weight is 348 g/mol. The molecule has 25 heavy (non-hydrogen) atoms. The Kier molecular flexibility index (Phi) is 5.94. The number of benzene rings is 2. The third-order valence-electron chi connectivity index (χ3n) is 3.25. The van der Waals surface area contributed by atoms with Crippen molar-refractivity contribution in [3.63, 3.8) is 0 Å². The Morgan fingerprint density at radius 3 is 1.64 bits per heavy atom. The van der Waals surface area contributed by atoms with Crippen LogP contribution in [-0.2, 0) is 4.79 Å². The van der Waals surface area contributed by atoms with Gasteiger partial charge in [-0.25, -0.2) is 0 Å². The highest BCUT2D eigenvalue weighted by atomic mass is 16.6. The van der Waals surface area contributed by atoms with Crippen LogP contribution >= 0.6 is 0 Å². The molecule has 0 N–H and O–H groups in total. The van der Waals surface area contributed by atoms with E-state index in [1.807, 2.05) is 0 Å². The number of rotatable bonds is 7. The molecule has 0 aliphatic heterocycles. The Labute approximate surface area is 146 Å². The Morgan fingerprint density at radius 1 is 0.680 bits per heavy atom. The first-order valence-electron chi connectivity index (χ1n) is 7.36. The molecule has 0 bridgehead atoms. The van der Waals surface area contributed by atoms with Crippen LogP contribution < -0.4 is 28.4 Å². The van der Waals surface area contributed by atoms with Gasteiger partial charge in [0.1, 0.15) is 23.0 Å². The van der Waals surface area contributed by atoms with E-state index in [-0.39, 0.29) is 11.5 Å². The summed E-state index contributed by atoms with van der Waals surface area (Å²) in [6.07, 6.45) is 0. The lowest BCUT2D eigenvalue weighted by Gasteiger charge is -2.16. The molecule has 2 aromatic carbocycles. The van der Waals surface area contributed by atoms with Crippen LogP contribution in [-0.4, -0.2) is 34.4 Å². The summed E-state index contributed by atoms with van der Waals surface area (Å²) in [7, 11) is 6.05. The number of hydrogen-bond acceptors (Lipinski definition) is 7. The summed E-state index contributed by atoms with van der Waals surface area (Å²) in [5.74, 6) is 2.24. The first-order valence-corrected chi connectivity index (χ1v) is 7.36. The van der Waals surface area contributed by atoms with Gasteiger partial charge in [-0.15, -0.1) is 0 Å². The number of methoxy groups -OCH3 is 4. The summed E-state index contributed by atoms with van der Waals surface area (Å²) in [6, 6.07) is 8.22. The lowest BCUT2D eigenvalue weighted by molar-refractivity contribution is -0.132. The lowest BCUT2D eigenvalue weighted by atomic mass is 10.2. The fraction of sp³-hybridized carbons (Fsp3) is 0.278. The predicted molar refractivity (Wildman–Crippen MR) is 90.5 cm³/mol. The lowest BCUT2D eigenvalue weighted by Crippen LogP contribution is -2.04. The van der Waals surface area contributed by atoms with Crippen molar-refractivity contribution in [1.29, 1.82) is 0 Å². The van der Waals surface area contributed by atoms with Crippen molar-refractivity contribution < 1.29 is 33.2 Å². The molecule has 0 radical (unpaired) electrons. The molecule has 0 spiro atoms. The average Bonchev–Trinajstić information content (AvgIpc) is 2.61. The molecule has 0 aromatic heterocycles. The normalized spacial score (nSPS) is 9.96. The Hall–Kier alpha value is -3.09. The van der Waals surface area contributed by atoms with Crippen molar-refractivity contribution in [2.45, 2.75) is 6.92 Å². The molecule has 0 saturated carbocycles. The third kappa shape index (κ3) is 4.47. The maximum absolute atomic E-state index is 11.4. The summed E-state index contributed by atoms with van der Waals surface area (Å²) in [5, 5.41) is 0. The van der Waals surface area contributed by atoms with E-state index in [9.17, 15) is 4.79 Å². The second-order valence-electron chi connectivity index (χ2n) is 4.90. The minimum absolute atomic E-state index is 0.172. The minimum atomic E-state index is -0.497. The van der Waals surface area contributed by atoms with E-state index in [4.69, 9.17) is 28.4 Å². The summed E-state index contributed by atoms with van der Waals surface area (Å²) >= 11 is 0. The van der Waals surface area contributed by atoms with Crippen LogP contribution in [0.3, 0.4) is 0 Å². The standard InChI is InChI=1S/C18H20O7/c1-11(19)24-17-10-14(22-4)9-16(23-5)18(17)25-15-7-12(20-2)6-13(8-15)21-3/h6-10H,1-5H3. The highest BCUT2D eigenvalue weighted by Gasteiger charge is 2.18. The van der Waals surface area contributed by atoms with Crippen LogP contribution in [0.2, 0.25) is 0 Å². The summed E-state index contributed by atoms with van der Waals surface area (Å²) < 4.78 is 32.1. The second-order valence-corrected chi connectivity index (χ2v) is 4.90. The van der Waals surface area contributed by atoms with Gasteiger partial charge in [0.25, 0.3) is 0 Å². The maximum atomic E-state index is 11.4. The molecule has 2 aromatic rings. The van der Waals surface area contributed by atoms with Crippen molar-refractivity contribution in [3.8, 4) is 40.2 Å². The zero-order valence-electron chi connectivity index (χ0n) is 14.7. The van der Waals surface area contributed by atoms with E-state index in [0.29, 0.717) is 28.7 Å². The van der Waals surface area contributed by atoms with Gasteiger partial charge in [-0.1, -0.05) is 0 Å². The van der Waals surface area contributed by atoms with Crippen molar-refractivity contribution in [2.75, 3.05) is 28.4 Å². The molecule has 2 rings (SSSR count). The van der Waals surface area contributed by atoms with Crippen LogP contribution in [0.25, 0.3) is 0 Å². The summed E-state index contributed by atoms with van der Waals surface area (Å²) in [6.45, 7) is 1.30. The van der Waals surface area contributed by atoms with Crippen molar-refractivity contribution >= 4 is 5.97 Å². The van der Waals surface area contributed by atoms with Crippen LogP contribution in [0.1, 0.15) is 6.92 Å². The van der Waals surface area contributed by atoms with E-state index in [0.717, 1.165) is 0 Å². The van der Waals surface area contributed by atoms with Crippen LogP contribution in [0, 0.1) is 0 Å². The van der Waals surface area contributed by atoms with Gasteiger partial charge in [0.05, 0.1) is 28.4 Å². The first-order chi connectivity index (χ1) is 12.0. The van der Waals surface area contributed by atoms with Gasteiger partial charge in [-0.3, -0.25) is 4.79 Å². The van der Waals surface area contributed by atoms with Gasteiger partial charge in [-0.2, -0.15) is 0 Å². The van der Waals surface area contributed by atoms with E-state index in [1.165, 1.54) is 41.4 Å². The monoisotopic (exact) mass is 348 g/mol. The Morgan fingerprint density at radius 2 is 1.16 bits per heavy atom. The van der Waals surface area contributed by atoms with E-state index < -0.39 is 5.97 Å². The van der Waals surface area contributed by atoms with Crippen LogP contribution in [0.5, 0.6) is 40.2 Å². The topological polar surface area (TPSA) is 72.5 Å². The summed E-state index contributed by atoms with van der Waals surface area (Å²) in [5.41, 5.74) is 0. The van der Waals surface area contributed by atoms with Gasteiger partial charge in [0.15, 0.2) is 11.5 Å². The minimum Gasteiger partial charge on any atom is -0.496 e. The number of ether oxygens (including phenoxy) is 6. The summed E-state index contributed by atoms with van der Waals surface area (Å²) in [4.78, 5) is 11.4. The number of carbonyl (C=O) groups is 1. The molecule has 0 saturated heterocycles. The molecule has 0 fully saturated rings. The maximum Gasteiger partial charge on any atom is 0.308 e. The highest BCUT2D eigenvalue weighted by molar-refractivity contribution is 5.72. The van der Waals surface area contributed by atoms with Crippen LogP contribution in [0.4, 0.5) is 0 Å². The molecule has 7 heteroatoms. The van der Waals surface area contributed by atoms with Gasteiger partial charge in [-0.05, 0) is 0 Å². The van der Waals surface area contributed by atoms with Crippen molar-refractivity contribution in [2.24, 2.45) is 0 Å². The molecular formula is C18H20O7. The molecule has 134 valence electrons. The molecule has 7 nitrogen and oxygen atoms in total. The zero-order valence-corrected chi connectivity index (χ0v) is 14.7. The van der Waals surface area contributed by atoms with E-state index in [1.54, 1.807) is 24.3 Å². The van der Waals surface area contributed by atoms with Gasteiger partial charge < -0.3 is 28.4 Å². The largest absolute Gasteiger partial charge is 0.496 e. The fourth-order valence-corrected chi connectivity index (χ4v) is 2.11. The van der Waals surface area contributed by atoms with E-state index in [2.05, 4.69) is 0 Å². The Bertz CT molecular complexity index is 733. The van der Waals surface area contributed by atoms with Crippen molar-refractivity contribution in [1.82, 2.24) is 0 Å². The van der Waals surface area contributed by atoms with Gasteiger partial charge >= 0.3 is 5.97 Å². The molecule has 0 aliphatic rings. The fourth-order valence-electron chi connectivity index (χ4n) is 2.11. The molecule has 0 amide bonds. The Balaban J connectivity index is 2.51. The molecule has 0 unspecified atom stereocenters. The number of esters is 1. The molecule has 0 aliphatic carbocycles. The quantitative estimate of drug-likeness (QED) is 0.560. The molecule has 0 heterocycles. The smallest absolute Gasteiger partial charge is 0.308 e. The third-order valence-corrected chi connectivity index (χ3v) is 3.25. The van der Waals surface area contributed by atoms with E-state index >= 15 is 0 Å². The number of hydrogen-bond donors (Lipinski definition) is 0. The predicted octanol–water partition coefficient (Wildman–Crippen LogP) is 3.44. The SMILES string of the molecule is COc1cc(OC)cc(Oc2c(OC)cc(OC)cc2OC(C)=O)c1.